The molecule has 0 aliphatic heterocycles. The Bertz CT molecular complexity index is 362. The first kappa shape index (κ1) is 10.0. The number of carbonyl (C=O) groups is 2. The number of para-hydroxylation sites is 2. The molecule has 5 heteroatoms. The van der Waals surface area contributed by atoms with Gasteiger partial charge in [-0.05, 0) is 12.1 Å². The van der Waals surface area contributed by atoms with Gasteiger partial charge in [-0.3, -0.25) is 9.59 Å². The molecule has 0 heterocycles. The number of nitrogens with one attached hydrogen (secondary N) is 1. The van der Waals surface area contributed by atoms with Gasteiger partial charge in [-0.15, -0.1) is 0 Å². The van der Waals surface area contributed by atoms with E-state index in [-0.39, 0.29) is 11.4 Å². The molecule has 0 fully saturated rings. The van der Waals surface area contributed by atoms with Crippen LogP contribution in [0.2, 0.25) is 0 Å². The molecule has 0 aliphatic rings. The Morgan fingerprint density at radius 3 is 2.50 bits per heavy atom. The van der Waals surface area contributed by atoms with Crippen LogP contribution in [0, 0.1) is 0 Å². The summed E-state index contributed by atoms with van der Waals surface area (Å²) in [5, 5.41) is 19.8. The minimum absolute atomic E-state index is 0.0914. The van der Waals surface area contributed by atoms with Gasteiger partial charge in [-0.1, -0.05) is 12.1 Å². The van der Waals surface area contributed by atoms with E-state index in [1.807, 2.05) is 0 Å². The zero-order valence-electron chi connectivity index (χ0n) is 7.23. The average Bonchev–Trinajstić information content (AvgIpc) is 2.07. The summed E-state index contributed by atoms with van der Waals surface area (Å²) in [7, 11) is 0. The number of anilines is 1. The first-order valence-corrected chi connectivity index (χ1v) is 3.89. The Morgan fingerprint density at radius 2 is 1.93 bits per heavy atom. The number of aliphatic carboxylic acids is 1. The summed E-state index contributed by atoms with van der Waals surface area (Å²) < 4.78 is 0. The van der Waals surface area contributed by atoms with Gasteiger partial charge < -0.3 is 15.5 Å². The number of benzene rings is 1. The largest absolute Gasteiger partial charge is 0.506 e. The van der Waals surface area contributed by atoms with Gasteiger partial charge in [0.25, 0.3) is 0 Å². The second-order valence-corrected chi connectivity index (χ2v) is 2.64. The molecular weight excluding hydrogens is 186 g/mol. The van der Waals surface area contributed by atoms with E-state index in [1.165, 1.54) is 12.1 Å². The maximum absolute atomic E-state index is 11.0. The van der Waals surface area contributed by atoms with Crippen molar-refractivity contribution in [3.8, 4) is 5.75 Å². The molecule has 0 atom stereocenters. The molecule has 0 spiro atoms. The summed E-state index contributed by atoms with van der Waals surface area (Å²) in [6.45, 7) is 0. The Labute approximate surface area is 80.0 Å². The van der Waals surface area contributed by atoms with Crippen molar-refractivity contribution in [3.05, 3.63) is 24.3 Å². The predicted molar refractivity (Wildman–Crippen MR) is 49.0 cm³/mol. The maximum atomic E-state index is 11.0. The maximum Gasteiger partial charge on any atom is 0.312 e. The normalized spacial score (nSPS) is 9.43. The lowest BCUT2D eigenvalue weighted by atomic mass is 10.3. The summed E-state index contributed by atoms with van der Waals surface area (Å²) in [5.41, 5.74) is 0.207. The lowest BCUT2D eigenvalue weighted by molar-refractivity contribution is -0.139. The van der Waals surface area contributed by atoms with Gasteiger partial charge in [0.15, 0.2) is 0 Å². The Morgan fingerprint density at radius 1 is 1.29 bits per heavy atom. The van der Waals surface area contributed by atoms with Gasteiger partial charge in [0.05, 0.1) is 5.69 Å². The fourth-order valence-electron chi connectivity index (χ4n) is 0.911. The van der Waals surface area contributed by atoms with Crippen LogP contribution in [0.4, 0.5) is 5.69 Å². The SMILES string of the molecule is O=C(O)CC(=O)Nc1ccccc1O. The van der Waals surface area contributed by atoms with Crippen LogP contribution in [0.1, 0.15) is 6.42 Å². The fourth-order valence-corrected chi connectivity index (χ4v) is 0.911. The van der Waals surface area contributed by atoms with Crippen LogP contribution in [0.3, 0.4) is 0 Å². The van der Waals surface area contributed by atoms with Crippen molar-refractivity contribution < 1.29 is 19.8 Å². The summed E-state index contributed by atoms with van der Waals surface area (Å²) in [4.78, 5) is 21.1. The number of aromatic hydroxyl groups is 1. The number of carboxylic acid groups (broad SMARTS) is 1. The highest BCUT2D eigenvalue weighted by molar-refractivity contribution is 6.01. The lowest BCUT2D eigenvalue weighted by Crippen LogP contribution is -2.15. The molecule has 5 nitrogen and oxygen atoms in total. The van der Waals surface area contributed by atoms with Gasteiger partial charge in [-0.2, -0.15) is 0 Å². The zero-order valence-corrected chi connectivity index (χ0v) is 7.23. The van der Waals surface area contributed by atoms with Crippen LogP contribution < -0.4 is 5.32 Å². The quantitative estimate of drug-likeness (QED) is 0.492. The number of hydrogen-bond donors (Lipinski definition) is 3. The topological polar surface area (TPSA) is 86.6 Å². The molecule has 0 bridgehead atoms. The number of carbonyl (C=O) groups excluding carboxylic acids is 1. The molecule has 14 heavy (non-hydrogen) atoms. The van der Waals surface area contributed by atoms with Crippen LogP contribution >= 0.6 is 0 Å². The third-order valence-electron chi connectivity index (χ3n) is 1.49. The smallest absolute Gasteiger partial charge is 0.312 e. The highest BCUT2D eigenvalue weighted by atomic mass is 16.4. The zero-order chi connectivity index (χ0) is 10.6. The Balaban J connectivity index is 2.65. The average molecular weight is 195 g/mol. The van der Waals surface area contributed by atoms with Crippen LogP contribution in [-0.2, 0) is 9.59 Å². The van der Waals surface area contributed by atoms with E-state index in [9.17, 15) is 14.7 Å². The Kier molecular flexibility index (Phi) is 3.06. The molecule has 1 rings (SSSR count). The van der Waals surface area contributed by atoms with Crippen molar-refractivity contribution in [1.29, 1.82) is 0 Å². The molecule has 0 unspecified atom stereocenters. The third-order valence-corrected chi connectivity index (χ3v) is 1.49. The van der Waals surface area contributed by atoms with E-state index in [2.05, 4.69) is 5.32 Å². The minimum Gasteiger partial charge on any atom is -0.506 e. The molecule has 0 aliphatic carbocycles. The molecule has 0 aromatic heterocycles. The minimum atomic E-state index is -1.21. The number of rotatable bonds is 3. The van der Waals surface area contributed by atoms with Gasteiger partial charge in [-0.25, -0.2) is 0 Å². The monoisotopic (exact) mass is 195 g/mol. The highest BCUT2D eigenvalue weighted by Gasteiger charge is 2.09. The van der Waals surface area contributed by atoms with Crippen molar-refractivity contribution >= 4 is 17.6 Å². The summed E-state index contributed by atoms with van der Waals surface area (Å²) in [6, 6.07) is 6.10. The third kappa shape index (κ3) is 2.78. The first-order valence-electron chi connectivity index (χ1n) is 3.89. The molecular formula is C9H9NO4. The molecule has 74 valence electrons. The van der Waals surface area contributed by atoms with Crippen LogP contribution in [0.5, 0.6) is 5.75 Å². The molecule has 1 aromatic carbocycles. The fraction of sp³-hybridized carbons (Fsp3) is 0.111. The van der Waals surface area contributed by atoms with Crippen molar-refractivity contribution in [2.75, 3.05) is 5.32 Å². The predicted octanol–water partition coefficient (Wildman–Crippen LogP) is 0.805. The van der Waals surface area contributed by atoms with E-state index in [4.69, 9.17) is 5.11 Å². The van der Waals surface area contributed by atoms with Gasteiger partial charge in [0.1, 0.15) is 12.2 Å². The van der Waals surface area contributed by atoms with E-state index < -0.39 is 18.3 Å². The number of amides is 1. The van der Waals surface area contributed by atoms with E-state index in [0.29, 0.717) is 0 Å². The van der Waals surface area contributed by atoms with Crippen molar-refractivity contribution in [2.45, 2.75) is 6.42 Å². The number of phenolic OH excluding ortho intramolecular Hbond substituents is 1. The summed E-state index contributed by atoms with van der Waals surface area (Å²) in [6.07, 6.45) is -0.617. The molecule has 3 N–H and O–H groups in total. The number of hydrogen-bond acceptors (Lipinski definition) is 3. The van der Waals surface area contributed by atoms with Crippen molar-refractivity contribution in [3.63, 3.8) is 0 Å². The highest BCUT2D eigenvalue weighted by Crippen LogP contribution is 2.21. The molecule has 1 amide bonds. The van der Waals surface area contributed by atoms with Crippen LogP contribution in [0.15, 0.2) is 24.3 Å². The van der Waals surface area contributed by atoms with Crippen molar-refractivity contribution in [1.82, 2.24) is 0 Å². The van der Waals surface area contributed by atoms with Gasteiger partial charge >= 0.3 is 5.97 Å². The first-order chi connectivity index (χ1) is 6.59. The van der Waals surface area contributed by atoms with E-state index in [0.717, 1.165) is 0 Å². The number of phenols is 1. The Hall–Kier alpha value is -2.04. The van der Waals surface area contributed by atoms with Crippen LogP contribution in [-0.4, -0.2) is 22.1 Å². The van der Waals surface area contributed by atoms with Crippen molar-refractivity contribution in [2.24, 2.45) is 0 Å². The molecule has 0 radical (unpaired) electrons. The van der Waals surface area contributed by atoms with E-state index >= 15 is 0 Å². The molecule has 1 aromatic rings. The second kappa shape index (κ2) is 4.27. The summed E-state index contributed by atoms with van der Waals surface area (Å²) in [5.74, 6) is -1.97. The number of carboxylic acids is 1. The van der Waals surface area contributed by atoms with Gasteiger partial charge in [0.2, 0.25) is 5.91 Å². The molecule has 0 saturated heterocycles. The lowest BCUT2D eigenvalue weighted by Gasteiger charge is -2.04. The standard InChI is InChI=1S/C9H9NO4/c11-7-4-2-1-3-6(7)10-8(12)5-9(13)14/h1-4,11H,5H2,(H,10,12)(H,13,14). The summed E-state index contributed by atoms with van der Waals surface area (Å²) >= 11 is 0. The molecule has 0 saturated carbocycles. The second-order valence-electron chi connectivity index (χ2n) is 2.64. The van der Waals surface area contributed by atoms with E-state index in [1.54, 1.807) is 12.1 Å². The van der Waals surface area contributed by atoms with Gasteiger partial charge in [0, 0.05) is 0 Å². The van der Waals surface area contributed by atoms with Crippen LogP contribution in [0.25, 0.3) is 0 Å².